The third-order valence-electron chi connectivity index (χ3n) is 5.94. The average molecular weight is 313 g/mol. The second-order valence-corrected chi connectivity index (χ2v) is 7.04. The van der Waals surface area contributed by atoms with Crippen LogP contribution in [0, 0.1) is 5.92 Å². The number of nitrogens with two attached hydrogens (primary N) is 1. The molecular weight excluding hydrogens is 290 g/mol. The number of urea groups is 1. The highest BCUT2D eigenvalue weighted by Gasteiger charge is 2.53. The zero-order valence-corrected chi connectivity index (χ0v) is 13.4. The zero-order valence-electron chi connectivity index (χ0n) is 13.4. The van der Waals surface area contributed by atoms with Gasteiger partial charge in [-0.05, 0) is 50.9 Å². The number of para-hydroxylation sites is 1. The van der Waals surface area contributed by atoms with E-state index in [9.17, 15) is 9.59 Å². The molecule has 2 amide bonds. The van der Waals surface area contributed by atoms with Crippen LogP contribution in [0.5, 0.6) is 0 Å². The minimum atomic E-state index is -0.403. The first-order chi connectivity index (χ1) is 11.1. The first-order valence-electron chi connectivity index (χ1n) is 8.51. The lowest BCUT2D eigenvalue weighted by atomic mass is 9.73. The van der Waals surface area contributed by atoms with Gasteiger partial charge in [0.15, 0.2) is 0 Å². The third kappa shape index (κ3) is 2.10. The summed E-state index contributed by atoms with van der Waals surface area (Å²) in [6.45, 7) is 3.70. The van der Waals surface area contributed by atoms with Crippen LogP contribution in [0.4, 0.5) is 10.5 Å². The number of carbonyl (C=O) groups excluding carboxylic acids is 2. The molecule has 2 N–H and O–H groups in total. The minimum Gasteiger partial charge on any atom is -0.351 e. The summed E-state index contributed by atoms with van der Waals surface area (Å²) in [5.74, 6) is 0.535. The summed E-state index contributed by atoms with van der Waals surface area (Å²) in [4.78, 5) is 28.6. The number of nitrogens with zero attached hydrogens (tertiary/aromatic N) is 2. The van der Waals surface area contributed by atoms with Crippen LogP contribution in [0.25, 0.3) is 0 Å². The largest absolute Gasteiger partial charge is 0.351 e. The Morgan fingerprint density at radius 3 is 2.65 bits per heavy atom. The van der Waals surface area contributed by atoms with Gasteiger partial charge in [0.1, 0.15) is 5.78 Å². The maximum absolute atomic E-state index is 12.2. The number of rotatable bonds is 1. The molecule has 4 atom stereocenters. The van der Waals surface area contributed by atoms with Crippen molar-refractivity contribution in [2.75, 3.05) is 18.0 Å². The highest BCUT2D eigenvalue weighted by Crippen LogP contribution is 2.49. The van der Waals surface area contributed by atoms with Crippen molar-refractivity contribution in [1.82, 2.24) is 4.90 Å². The normalized spacial score (nSPS) is 32.8. The maximum atomic E-state index is 12.2. The molecule has 4 rings (SSSR count). The summed E-state index contributed by atoms with van der Waals surface area (Å²) >= 11 is 0. The summed E-state index contributed by atoms with van der Waals surface area (Å²) in [5.41, 5.74) is 7.89. The molecule has 1 aromatic rings. The highest BCUT2D eigenvalue weighted by atomic mass is 16.2. The molecule has 0 bridgehead atoms. The van der Waals surface area contributed by atoms with E-state index in [0.29, 0.717) is 5.92 Å². The fraction of sp³-hybridized carbons (Fsp3) is 0.556. The van der Waals surface area contributed by atoms with Crippen LogP contribution in [0.2, 0.25) is 0 Å². The summed E-state index contributed by atoms with van der Waals surface area (Å²) in [6, 6.07) is 7.75. The van der Waals surface area contributed by atoms with Gasteiger partial charge < -0.3 is 5.73 Å². The van der Waals surface area contributed by atoms with E-state index in [2.05, 4.69) is 11.0 Å². The van der Waals surface area contributed by atoms with Crippen LogP contribution in [0.3, 0.4) is 0 Å². The fourth-order valence-corrected chi connectivity index (χ4v) is 5.08. The number of carbonyl (C=O) groups is 2. The van der Waals surface area contributed by atoms with Crippen molar-refractivity contribution in [3.63, 3.8) is 0 Å². The molecule has 0 aromatic heterocycles. The quantitative estimate of drug-likeness (QED) is 0.863. The number of hydrogen-bond donors (Lipinski definition) is 1. The number of primary amides is 1. The molecule has 1 aromatic carbocycles. The molecule has 3 aliphatic rings. The molecule has 122 valence electrons. The third-order valence-corrected chi connectivity index (χ3v) is 5.94. The van der Waals surface area contributed by atoms with Gasteiger partial charge in [0, 0.05) is 23.6 Å². The maximum Gasteiger partial charge on any atom is 0.319 e. The predicted molar refractivity (Wildman–Crippen MR) is 88.4 cm³/mol. The van der Waals surface area contributed by atoms with E-state index in [1.165, 1.54) is 5.56 Å². The van der Waals surface area contributed by atoms with Crippen molar-refractivity contribution in [3.8, 4) is 0 Å². The van der Waals surface area contributed by atoms with Crippen LogP contribution in [0.1, 0.15) is 37.7 Å². The monoisotopic (exact) mass is 313 g/mol. The Balaban J connectivity index is 1.81. The Kier molecular flexibility index (Phi) is 3.41. The minimum absolute atomic E-state index is 0.00662. The lowest BCUT2D eigenvalue weighted by Gasteiger charge is -2.50. The van der Waals surface area contributed by atoms with Gasteiger partial charge in [-0.25, -0.2) is 4.79 Å². The summed E-state index contributed by atoms with van der Waals surface area (Å²) < 4.78 is 0. The van der Waals surface area contributed by atoms with Crippen molar-refractivity contribution < 1.29 is 9.59 Å². The van der Waals surface area contributed by atoms with Crippen molar-refractivity contribution in [2.45, 2.75) is 44.2 Å². The Bertz CT molecular complexity index is 659. The van der Waals surface area contributed by atoms with Gasteiger partial charge in [0.2, 0.25) is 0 Å². The fourth-order valence-electron chi connectivity index (χ4n) is 5.08. The van der Waals surface area contributed by atoms with Gasteiger partial charge in [-0.15, -0.1) is 0 Å². The van der Waals surface area contributed by atoms with Gasteiger partial charge in [-0.2, -0.15) is 0 Å². The van der Waals surface area contributed by atoms with E-state index >= 15 is 0 Å². The van der Waals surface area contributed by atoms with Crippen LogP contribution in [0.15, 0.2) is 24.3 Å². The Morgan fingerprint density at radius 2 is 1.91 bits per heavy atom. The van der Waals surface area contributed by atoms with Crippen molar-refractivity contribution in [3.05, 3.63) is 29.8 Å². The van der Waals surface area contributed by atoms with Gasteiger partial charge in [-0.3, -0.25) is 14.6 Å². The first kappa shape index (κ1) is 14.7. The molecule has 0 saturated carbocycles. The average Bonchev–Trinajstić information content (AvgIpc) is 2.89. The summed E-state index contributed by atoms with van der Waals surface area (Å²) in [7, 11) is 0. The zero-order chi connectivity index (χ0) is 16.1. The van der Waals surface area contributed by atoms with E-state index in [1.807, 2.05) is 18.2 Å². The Morgan fingerprint density at radius 1 is 1.13 bits per heavy atom. The van der Waals surface area contributed by atoms with Gasteiger partial charge in [-0.1, -0.05) is 18.2 Å². The van der Waals surface area contributed by atoms with Crippen molar-refractivity contribution in [1.29, 1.82) is 0 Å². The molecule has 4 unspecified atom stereocenters. The van der Waals surface area contributed by atoms with Crippen LogP contribution in [-0.4, -0.2) is 41.9 Å². The van der Waals surface area contributed by atoms with Gasteiger partial charge in [0.05, 0.1) is 6.04 Å². The van der Waals surface area contributed by atoms with Crippen LogP contribution >= 0.6 is 0 Å². The van der Waals surface area contributed by atoms with Crippen molar-refractivity contribution >= 4 is 17.5 Å². The number of ketones is 1. The molecule has 5 nitrogen and oxygen atoms in total. The number of hydrogen-bond acceptors (Lipinski definition) is 3. The molecule has 5 heteroatoms. The van der Waals surface area contributed by atoms with Crippen LogP contribution in [-0.2, 0) is 4.79 Å². The highest BCUT2D eigenvalue weighted by molar-refractivity contribution is 5.95. The van der Waals surface area contributed by atoms with E-state index in [-0.39, 0.29) is 23.8 Å². The second kappa shape index (κ2) is 5.34. The predicted octanol–water partition coefficient (Wildman–Crippen LogP) is 2.11. The molecule has 0 spiro atoms. The number of piperidine rings is 2. The molecule has 23 heavy (non-hydrogen) atoms. The lowest BCUT2D eigenvalue weighted by molar-refractivity contribution is -0.125. The molecule has 3 aliphatic heterocycles. The van der Waals surface area contributed by atoms with E-state index < -0.39 is 6.03 Å². The second-order valence-electron chi connectivity index (χ2n) is 7.04. The first-order valence-corrected chi connectivity index (χ1v) is 8.51. The number of amides is 2. The molecule has 3 heterocycles. The standard InChI is InChI=1S/C18H23N3O2/c1-11(22)12-6-4-9-20-10-8-14-13-5-2-3-7-15(13)21(18(19)23)17(14)16(12)20/h2-3,5,7,12,14,16-17H,4,6,8-10H2,1H3,(H2,19,23). The smallest absolute Gasteiger partial charge is 0.319 e. The molecule has 2 saturated heterocycles. The molecular formula is C18H23N3O2. The van der Waals surface area contributed by atoms with E-state index in [4.69, 9.17) is 5.73 Å². The van der Waals surface area contributed by atoms with Gasteiger partial charge in [0.25, 0.3) is 0 Å². The topological polar surface area (TPSA) is 66.6 Å². The number of benzene rings is 1. The van der Waals surface area contributed by atoms with Crippen molar-refractivity contribution in [2.24, 2.45) is 11.7 Å². The Hall–Kier alpha value is -1.88. The van der Waals surface area contributed by atoms with E-state index in [0.717, 1.165) is 38.0 Å². The number of Topliss-reactive ketones (excluding diaryl/α,β-unsaturated/α-hetero) is 1. The lowest BCUT2D eigenvalue weighted by Crippen LogP contribution is -2.63. The van der Waals surface area contributed by atoms with Gasteiger partial charge >= 0.3 is 6.03 Å². The number of anilines is 1. The summed E-state index contributed by atoms with van der Waals surface area (Å²) in [6.07, 6.45) is 3.00. The summed E-state index contributed by atoms with van der Waals surface area (Å²) in [5, 5.41) is 0. The molecule has 0 aliphatic carbocycles. The Labute approximate surface area is 136 Å². The molecule has 2 fully saturated rings. The van der Waals surface area contributed by atoms with Crippen LogP contribution < -0.4 is 10.6 Å². The molecule has 0 radical (unpaired) electrons. The van der Waals surface area contributed by atoms with E-state index in [1.54, 1.807) is 11.8 Å². The number of fused-ring (bicyclic) bond motifs is 5. The SMILES string of the molecule is CC(=O)C1CCCN2CCC3c4ccccc4N(C(N)=O)C3C12.